The molecule has 0 saturated carbocycles. The summed E-state index contributed by atoms with van der Waals surface area (Å²) >= 11 is 6.05. The van der Waals surface area contributed by atoms with Crippen molar-refractivity contribution in [2.45, 2.75) is 27.3 Å². The quantitative estimate of drug-likeness (QED) is 0.854. The van der Waals surface area contributed by atoms with Crippen LogP contribution in [0.4, 0.5) is 11.4 Å². The van der Waals surface area contributed by atoms with E-state index in [-0.39, 0.29) is 12.5 Å². The average Bonchev–Trinajstić information content (AvgIpc) is 2.61. The smallest absolute Gasteiger partial charge is 0.246 e. The Morgan fingerprint density at radius 3 is 2.65 bits per heavy atom. The highest BCUT2D eigenvalue weighted by molar-refractivity contribution is 6.31. The van der Waals surface area contributed by atoms with Crippen molar-refractivity contribution < 1.29 is 4.79 Å². The lowest BCUT2D eigenvalue weighted by molar-refractivity contribution is -0.116. The Labute approximate surface area is 122 Å². The summed E-state index contributed by atoms with van der Waals surface area (Å²) in [6.45, 7) is 5.68. The third-order valence-electron chi connectivity index (χ3n) is 3.15. The molecule has 6 heteroatoms. The monoisotopic (exact) mass is 292 g/mol. The normalized spacial score (nSPS) is 10.6. The van der Waals surface area contributed by atoms with E-state index >= 15 is 0 Å². The molecule has 1 aromatic carbocycles. The maximum atomic E-state index is 12.0. The second-order valence-electron chi connectivity index (χ2n) is 4.76. The molecule has 3 N–H and O–H groups in total. The topological polar surface area (TPSA) is 72.9 Å². The van der Waals surface area contributed by atoms with E-state index in [0.29, 0.717) is 16.4 Å². The van der Waals surface area contributed by atoms with Crippen LogP contribution < -0.4 is 11.1 Å². The number of rotatable bonds is 3. The Morgan fingerprint density at radius 2 is 2.10 bits per heavy atom. The Bertz CT molecular complexity index is 663. The first-order chi connectivity index (χ1) is 9.38. The van der Waals surface area contributed by atoms with E-state index in [0.717, 1.165) is 17.0 Å². The molecule has 1 aromatic heterocycles. The molecule has 1 amide bonds. The SMILES string of the molecule is Cc1ccc(NC(=O)Cn2nc(C)c(Cl)c2C)cc1N. The standard InChI is InChI=1S/C14H17ClN4O/c1-8-4-5-11(6-12(8)16)17-13(20)7-19-10(3)14(15)9(2)18-19/h4-6H,7,16H2,1-3H3,(H,17,20). The van der Waals surface area contributed by atoms with Gasteiger partial charge in [0.15, 0.2) is 0 Å². The molecule has 2 aromatic rings. The van der Waals surface area contributed by atoms with Crippen LogP contribution in [-0.2, 0) is 11.3 Å². The predicted molar refractivity (Wildman–Crippen MR) is 80.9 cm³/mol. The number of nitrogen functional groups attached to an aromatic ring is 1. The van der Waals surface area contributed by atoms with Crippen molar-refractivity contribution >= 4 is 28.9 Å². The van der Waals surface area contributed by atoms with E-state index in [4.69, 9.17) is 17.3 Å². The number of carbonyl (C=O) groups excluding carboxylic acids is 1. The van der Waals surface area contributed by atoms with Gasteiger partial charge in [-0.3, -0.25) is 9.48 Å². The Hall–Kier alpha value is -2.01. The first kappa shape index (κ1) is 14.4. The van der Waals surface area contributed by atoms with Crippen molar-refractivity contribution in [3.63, 3.8) is 0 Å². The number of hydrogen-bond acceptors (Lipinski definition) is 3. The number of hydrogen-bond donors (Lipinski definition) is 2. The van der Waals surface area contributed by atoms with Crippen molar-refractivity contribution in [1.29, 1.82) is 0 Å². The predicted octanol–water partition coefficient (Wildman–Crippen LogP) is 2.68. The molecule has 0 aliphatic heterocycles. The number of nitrogens with two attached hydrogens (primary N) is 1. The average molecular weight is 293 g/mol. The van der Waals surface area contributed by atoms with E-state index in [2.05, 4.69) is 10.4 Å². The Kier molecular flexibility index (Phi) is 3.99. The highest BCUT2D eigenvalue weighted by Crippen LogP contribution is 2.19. The summed E-state index contributed by atoms with van der Waals surface area (Å²) in [5.41, 5.74) is 9.61. The van der Waals surface area contributed by atoms with Gasteiger partial charge in [0.05, 0.1) is 16.4 Å². The van der Waals surface area contributed by atoms with Crippen molar-refractivity contribution in [2.24, 2.45) is 0 Å². The number of carbonyl (C=O) groups is 1. The lowest BCUT2D eigenvalue weighted by Crippen LogP contribution is -2.20. The number of amides is 1. The fraction of sp³-hybridized carbons (Fsp3) is 0.286. The van der Waals surface area contributed by atoms with Gasteiger partial charge in [0.1, 0.15) is 6.54 Å². The number of benzene rings is 1. The van der Waals surface area contributed by atoms with E-state index in [1.807, 2.05) is 32.9 Å². The Balaban J connectivity index is 2.09. The summed E-state index contributed by atoms with van der Waals surface area (Å²) in [6.07, 6.45) is 0. The van der Waals surface area contributed by atoms with Crippen molar-refractivity contribution in [2.75, 3.05) is 11.1 Å². The minimum Gasteiger partial charge on any atom is -0.398 e. The first-order valence-corrected chi connectivity index (χ1v) is 6.61. The molecule has 5 nitrogen and oxygen atoms in total. The fourth-order valence-corrected chi connectivity index (χ4v) is 2.02. The summed E-state index contributed by atoms with van der Waals surface area (Å²) in [6, 6.07) is 5.42. The van der Waals surface area contributed by atoms with Crippen LogP contribution in [0.2, 0.25) is 5.02 Å². The zero-order chi connectivity index (χ0) is 14.9. The molecular weight excluding hydrogens is 276 g/mol. The Morgan fingerprint density at radius 1 is 1.40 bits per heavy atom. The summed E-state index contributed by atoms with van der Waals surface area (Å²) in [7, 11) is 0. The molecule has 0 fully saturated rings. The van der Waals surface area contributed by atoms with Gasteiger partial charge in [-0.15, -0.1) is 0 Å². The molecule has 0 saturated heterocycles. The van der Waals surface area contributed by atoms with Crippen LogP contribution >= 0.6 is 11.6 Å². The van der Waals surface area contributed by atoms with E-state index < -0.39 is 0 Å². The lowest BCUT2D eigenvalue weighted by Gasteiger charge is -2.08. The van der Waals surface area contributed by atoms with Gasteiger partial charge in [-0.25, -0.2) is 0 Å². The second-order valence-corrected chi connectivity index (χ2v) is 5.14. The summed E-state index contributed by atoms with van der Waals surface area (Å²) < 4.78 is 1.59. The highest BCUT2D eigenvalue weighted by Gasteiger charge is 2.12. The lowest BCUT2D eigenvalue weighted by atomic mass is 10.2. The minimum atomic E-state index is -0.171. The second kappa shape index (κ2) is 5.54. The van der Waals surface area contributed by atoms with Gasteiger partial charge < -0.3 is 11.1 Å². The van der Waals surface area contributed by atoms with Gasteiger partial charge in [0.2, 0.25) is 5.91 Å². The van der Waals surface area contributed by atoms with Gasteiger partial charge in [-0.05, 0) is 38.5 Å². The number of aromatic nitrogens is 2. The zero-order valence-corrected chi connectivity index (χ0v) is 12.5. The van der Waals surface area contributed by atoms with Gasteiger partial charge in [-0.1, -0.05) is 17.7 Å². The summed E-state index contributed by atoms with van der Waals surface area (Å²) in [5.74, 6) is -0.171. The van der Waals surface area contributed by atoms with Crippen LogP contribution in [0, 0.1) is 20.8 Å². The third kappa shape index (κ3) is 2.93. The molecule has 0 bridgehead atoms. The molecule has 2 rings (SSSR count). The van der Waals surface area contributed by atoms with E-state index in [9.17, 15) is 4.79 Å². The first-order valence-electron chi connectivity index (χ1n) is 6.24. The third-order valence-corrected chi connectivity index (χ3v) is 3.70. The van der Waals surface area contributed by atoms with Gasteiger partial charge in [0, 0.05) is 11.4 Å². The van der Waals surface area contributed by atoms with Gasteiger partial charge >= 0.3 is 0 Å². The summed E-state index contributed by atoms with van der Waals surface area (Å²) in [5, 5.41) is 7.61. The minimum absolute atomic E-state index is 0.118. The van der Waals surface area contributed by atoms with Crippen molar-refractivity contribution in [1.82, 2.24) is 9.78 Å². The highest BCUT2D eigenvalue weighted by atomic mass is 35.5. The van der Waals surface area contributed by atoms with Crippen molar-refractivity contribution in [3.8, 4) is 0 Å². The maximum absolute atomic E-state index is 12.0. The molecular formula is C14H17ClN4O. The zero-order valence-electron chi connectivity index (χ0n) is 11.7. The molecule has 0 spiro atoms. The number of nitrogens with one attached hydrogen (secondary N) is 1. The van der Waals surface area contributed by atoms with Crippen LogP contribution in [0.1, 0.15) is 17.0 Å². The van der Waals surface area contributed by atoms with Crippen LogP contribution in [0.3, 0.4) is 0 Å². The number of halogens is 1. The fourth-order valence-electron chi connectivity index (χ4n) is 1.88. The molecule has 106 valence electrons. The van der Waals surface area contributed by atoms with E-state index in [1.165, 1.54) is 0 Å². The van der Waals surface area contributed by atoms with Crippen LogP contribution in [0.5, 0.6) is 0 Å². The molecule has 0 aliphatic carbocycles. The van der Waals surface area contributed by atoms with Crippen molar-refractivity contribution in [3.05, 3.63) is 40.2 Å². The number of nitrogens with zero attached hydrogens (tertiary/aromatic N) is 2. The molecule has 0 aliphatic rings. The molecule has 1 heterocycles. The largest absolute Gasteiger partial charge is 0.398 e. The molecule has 0 radical (unpaired) electrons. The van der Waals surface area contributed by atoms with Crippen LogP contribution in [0.15, 0.2) is 18.2 Å². The summed E-state index contributed by atoms with van der Waals surface area (Å²) in [4.78, 5) is 12.0. The maximum Gasteiger partial charge on any atom is 0.246 e. The molecule has 20 heavy (non-hydrogen) atoms. The number of anilines is 2. The van der Waals surface area contributed by atoms with E-state index in [1.54, 1.807) is 10.7 Å². The molecule has 0 unspecified atom stereocenters. The molecule has 0 atom stereocenters. The van der Waals surface area contributed by atoms with Gasteiger partial charge in [-0.2, -0.15) is 5.10 Å². The van der Waals surface area contributed by atoms with Gasteiger partial charge in [0.25, 0.3) is 0 Å². The number of aryl methyl sites for hydroxylation is 2. The van der Waals surface area contributed by atoms with Crippen LogP contribution in [0.25, 0.3) is 0 Å². The van der Waals surface area contributed by atoms with Crippen LogP contribution in [-0.4, -0.2) is 15.7 Å².